The van der Waals surface area contributed by atoms with Gasteiger partial charge in [0.25, 0.3) is 5.91 Å². The van der Waals surface area contributed by atoms with E-state index in [0.717, 1.165) is 18.4 Å². The van der Waals surface area contributed by atoms with Crippen LogP contribution in [-0.2, 0) is 10.0 Å². The molecule has 1 aliphatic heterocycles. The summed E-state index contributed by atoms with van der Waals surface area (Å²) in [6.45, 7) is 2.53. The van der Waals surface area contributed by atoms with E-state index in [1.807, 2.05) is 42.2 Å². The zero-order valence-electron chi connectivity index (χ0n) is 14.9. The Kier molecular flexibility index (Phi) is 5.61. The molecule has 1 amide bonds. The van der Waals surface area contributed by atoms with E-state index in [9.17, 15) is 13.2 Å². The summed E-state index contributed by atoms with van der Waals surface area (Å²) < 4.78 is 26.5. The predicted octanol–water partition coefficient (Wildman–Crippen LogP) is 3.82. The van der Waals surface area contributed by atoms with Crippen LogP contribution in [0.2, 0.25) is 0 Å². The Labute approximate surface area is 155 Å². The van der Waals surface area contributed by atoms with Crippen LogP contribution in [0.1, 0.15) is 48.1 Å². The maximum atomic E-state index is 13.0. The van der Waals surface area contributed by atoms with Crippen molar-refractivity contribution in [1.82, 2.24) is 4.90 Å². The fourth-order valence-corrected chi connectivity index (χ4v) is 4.54. The third-order valence-electron chi connectivity index (χ3n) is 4.55. The number of hydrogen-bond acceptors (Lipinski definition) is 3. The van der Waals surface area contributed by atoms with Gasteiger partial charge < -0.3 is 4.90 Å². The molecule has 1 N–H and O–H groups in total. The predicted molar refractivity (Wildman–Crippen MR) is 104 cm³/mol. The lowest BCUT2D eigenvalue weighted by Crippen LogP contribution is -2.30. The molecule has 1 atom stereocenters. The Hall–Kier alpha value is -2.34. The molecular formula is C20H24N2O3S. The molecule has 1 fully saturated rings. The molecular weight excluding hydrogens is 348 g/mol. The van der Waals surface area contributed by atoms with Gasteiger partial charge in [-0.05, 0) is 43.0 Å². The first-order valence-electron chi connectivity index (χ1n) is 8.96. The number of sulfonamides is 1. The van der Waals surface area contributed by atoms with Crippen molar-refractivity contribution >= 4 is 21.6 Å². The molecule has 26 heavy (non-hydrogen) atoms. The molecule has 0 radical (unpaired) electrons. The summed E-state index contributed by atoms with van der Waals surface area (Å²) in [5, 5.41) is 0. The molecule has 1 aliphatic rings. The van der Waals surface area contributed by atoms with Crippen molar-refractivity contribution in [3.8, 4) is 0 Å². The van der Waals surface area contributed by atoms with E-state index in [1.54, 1.807) is 24.3 Å². The minimum atomic E-state index is -3.37. The SMILES string of the molecule is CCCS(=O)(=O)Nc1cccc(C(=O)N2CCCC2c2ccccc2)c1. The summed E-state index contributed by atoms with van der Waals surface area (Å²) >= 11 is 0. The average Bonchev–Trinajstić information content (AvgIpc) is 3.11. The van der Waals surface area contributed by atoms with Gasteiger partial charge in [0.15, 0.2) is 0 Å². The van der Waals surface area contributed by atoms with Gasteiger partial charge in [0.2, 0.25) is 10.0 Å². The number of anilines is 1. The molecule has 0 bridgehead atoms. The molecule has 0 aromatic heterocycles. The zero-order chi connectivity index (χ0) is 18.6. The van der Waals surface area contributed by atoms with E-state index >= 15 is 0 Å². The van der Waals surface area contributed by atoms with Crippen LogP contribution in [0.25, 0.3) is 0 Å². The minimum Gasteiger partial charge on any atom is -0.332 e. The van der Waals surface area contributed by atoms with Crippen molar-refractivity contribution in [1.29, 1.82) is 0 Å². The van der Waals surface area contributed by atoms with Crippen LogP contribution < -0.4 is 4.72 Å². The van der Waals surface area contributed by atoms with Crippen LogP contribution in [0.5, 0.6) is 0 Å². The fourth-order valence-electron chi connectivity index (χ4n) is 3.41. The summed E-state index contributed by atoms with van der Waals surface area (Å²) in [7, 11) is -3.37. The topological polar surface area (TPSA) is 66.5 Å². The largest absolute Gasteiger partial charge is 0.332 e. The molecule has 1 heterocycles. The highest BCUT2D eigenvalue weighted by atomic mass is 32.2. The zero-order valence-corrected chi connectivity index (χ0v) is 15.7. The number of hydrogen-bond donors (Lipinski definition) is 1. The van der Waals surface area contributed by atoms with Crippen LogP contribution in [0.3, 0.4) is 0 Å². The molecule has 1 saturated heterocycles. The Balaban J connectivity index is 1.80. The molecule has 0 aliphatic carbocycles. The number of amides is 1. The van der Waals surface area contributed by atoms with Gasteiger partial charge in [-0.2, -0.15) is 0 Å². The number of rotatable bonds is 6. The lowest BCUT2D eigenvalue weighted by atomic mass is 10.0. The molecule has 2 aromatic carbocycles. The van der Waals surface area contributed by atoms with Crippen molar-refractivity contribution in [2.45, 2.75) is 32.2 Å². The van der Waals surface area contributed by atoms with Crippen LogP contribution >= 0.6 is 0 Å². The Bertz CT molecular complexity index is 866. The Morgan fingerprint density at radius 1 is 1.15 bits per heavy atom. The first-order valence-corrected chi connectivity index (χ1v) is 10.6. The van der Waals surface area contributed by atoms with Gasteiger partial charge in [0.1, 0.15) is 0 Å². The fraction of sp³-hybridized carbons (Fsp3) is 0.350. The smallest absolute Gasteiger partial charge is 0.254 e. The van der Waals surface area contributed by atoms with Crippen molar-refractivity contribution in [3.63, 3.8) is 0 Å². The van der Waals surface area contributed by atoms with Gasteiger partial charge in [0.05, 0.1) is 11.8 Å². The summed E-state index contributed by atoms with van der Waals surface area (Å²) in [5.41, 5.74) is 2.07. The van der Waals surface area contributed by atoms with Gasteiger partial charge in [-0.1, -0.05) is 43.3 Å². The Morgan fingerprint density at radius 3 is 2.65 bits per heavy atom. The first kappa shape index (κ1) is 18.5. The van der Waals surface area contributed by atoms with E-state index in [0.29, 0.717) is 24.2 Å². The maximum absolute atomic E-state index is 13.0. The third kappa shape index (κ3) is 4.25. The molecule has 5 nitrogen and oxygen atoms in total. The monoisotopic (exact) mass is 372 g/mol. The van der Waals surface area contributed by atoms with Crippen molar-refractivity contribution in [2.75, 3.05) is 17.0 Å². The second-order valence-electron chi connectivity index (χ2n) is 6.57. The van der Waals surface area contributed by atoms with E-state index in [-0.39, 0.29) is 17.7 Å². The van der Waals surface area contributed by atoms with E-state index in [4.69, 9.17) is 0 Å². The summed E-state index contributed by atoms with van der Waals surface area (Å²) in [4.78, 5) is 14.9. The molecule has 0 saturated carbocycles. The highest BCUT2D eigenvalue weighted by Gasteiger charge is 2.30. The van der Waals surface area contributed by atoms with E-state index < -0.39 is 10.0 Å². The highest BCUT2D eigenvalue weighted by molar-refractivity contribution is 7.92. The second kappa shape index (κ2) is 7.91. The third-order valence-corrected chi connectivity index (χ3v) is 6.05. The van der Waals surface area contributed by atoms with Crippen LogP contribution in [0.4, 0.5) is 5.69 Å². The molecule has 138 valence electrons. The molecule has 0 spiro atoms. The van der Waals surface area contributed by atoms with Gasteiger partial charge in [-0.25, -0.2) is 8.42 Å². The Morgan fingerprint density at radius 2 is 1.92 bits per heavy atom. The summed E-state index contributed by atoms with van der Waals surface area (Å²) in [6.07, 6.45) is 2.45. The van der Waals surface area contributed by atoms with Crippen LogP contribution in [-0.4, -0.2) is 31.5 Å². The van der Waals surface area contributed by atoms with Crippen molar-refractivity contribution in [3.05, 3.63) is 65.7 Å². The second-order valence-corrected chi connectivity index (χ2v) is 8.41. The van der Waals surface area contributed by atoms with E-state index in [1.165, 1.54) is 0 Å². The van der Waals surface area contributed by atoms with Crippen LogP contribution in [0, 0.1) is 0 Å². The molecule has 2 aromatic rings. The average molecular weight is 372 g/mol. The maximum Gasteiger partial charge on any atom is 0.254 e. The number of nitrogens with one attached hydrogen (secondary N) is 1. The lowest BCUT2D eigenvalue weighted by Gasteiger charge is -2.25. The molecule has 6 heteroatoms. The molecule has 3 rings (SSSR count). The number of nitrogens with zero attached hydrogens (tertiary/aromatic N) is 1. The number of likely N-dealkylation sites (tertiary alicyclic amines) is 1. The van der Waals surface area contributed by atoms with Crippen molar-refractivity contribution < 1.29 is 13.2 Å². The van der Waals surface area contributed by atoms with Gasteiger partial charge in [0, 0.05) is 17.8 Å². The normalized spacial score (nSPS) is 17.3. The summed E-state index contributed by atoms with van der Waals surface area (Å²) in [5.74, 6) is 0.000741. The quantitative estimate of drug-likeness (QED) is 0.838. The standard InChI is InChI=1S/C20H24N2O3S/c1-2-14-26(24,25)21-18-11-6-10-17(15-18)20(23)22-13-7-12-19(22)16-8-4-3-5-9-16/h3-6,8-11,15,19,21H,2,7,12-14H2,1H3. The first-order chi connectivity index (χ1) is 12.5. The van der Waals surface area contributed by atoms with Crippen LogP contribution in [0.15, 0.2) is 54.6 Å². The number of benzene rings is 2. The molecule has 1 unspecified atom stereocenters. The van der Waals surface area contributed by atoms with Gasteiger partial charge in [-0.3, -0.25) is 9.52 Å². The van der Waals surface area contributed by atoms with Crippen molar-refractivity contribution in [2.24, 2.45) is 0 Å². The number of carbonyl (C=O) groups excluding carboxylic acids is 1. The highest BCUT2D eigenvalue weighted by Crippen LogP contribution is 2.33. The number of carbonyl (C=O) groups is 1. The lowest BCUT2D eigenvalue weighted by molar-refractivity contribution is 0.0735. The van der Waals surface area contributed by atoms with Gasteiger partial charge >= 0.3 is 0 Å². The summed E-state index contributed by atoms with van der Waals surface area (Å²) in [6, 6.07) is 16.8. The van der Waals surface area contributed by atoms with E-state index in [2.05, 4.69) is 4.72 Å². The van der Waals surface area contributed by atoms with Gasteiger partial charge in [-0.15, -0.1) is 0 Å². The minimum absolute atomic E-state index is 0.0621.